The van der Waals surface area contributed by atoms with Crippen LogP contribution in [0.4, 0.5) is 5.69 Å². The summed E-state index contributed by atoms with van der Waals surface area (Å²) in [6.45, 7) is 5.87. The Morgan fingerprint density at radius 2 is 1.87 bits per heavy atom. The number of halogens is 1. The number of rotatable bonds is 7. The fourth-order valence-electron chi connectivity index (χ4n) is 5.06. The summed E-state index contributed by atoms with van der Waals surface area (Å²) in [4.78, 5) is 42.3. The number of aryl methyl sites for hydroxylation is 1. The molecule has 0 saturated heterocycles. The summed E-state index contributed by atoms with van der Waals surface area (Å²) in [5.74, 6) is -0.133. The molecule has 11 heteroatoms. The average molecular weight is 555 g/mol. The van der Waals surface area contributed by atoms with Gasteiger partial charge in [0.15, 0.2) is 0 Å². The van der Waals surface area contributed by atoms with Crippen LogP contribution in [0.5, 0.6) is 5.88 Å². The summed E-state index contributed by atoms with van der Waals surface area (Å²) in [6.07, 6.45) is 4.96. The maximum atomic E-state index is 13.1. The summed E-state index contributed by atoms with van der Waals surface area (Å²) in [7, 11) is 5.05. The first-order valence-corrected chi connectivity index (χ1v) is 13.3. The first-order chi connectivity index (χ1) is 18.4. The van der Waals surface area contributed by atoms with Crippen LogP contribution in [0.1, 0.15) is 62.4 Å². The molecular weight excluding hydrogens is 520 g/mol. The van der Waals surface area contributed by atoms with Crippen LogP contribution < -0.4 is 20.9 Å². The molecule has 0 aliphatic heterocycles. The Kier molecular flexibility index (Phi) is 8.15. The highest BCUT2D eigenvalue weighted by molar-refractivity contribution is 6.30. The van der Waals surface area contributed by atoms with Gasteiger partial charge < -0.3 is 24.8 Å². The van der Waals surface area contributed by atoms with Crippen LogP contribution >= 0.6 is 11.6 Å². The Labute approximate surface area is 232 Å². The minimum absolute atomic E-state index is 0.0363. The fraction of sp³-hybridized carbons (Fsp3) is 0.464. The monoisotopic (exact) mass is 554 g/mol. The summed E-state index contributed by atoms with van der Waals surface area (Å²) in [5.41, 5.74) is 7.89. The molecule has 1 aliphatic rings. The average Bonchev–Trinajstić information content (AvgIpc) is 2.90. The van der Waals surface area contributed by atoms with Crippen LogP contribution in [0.25, 0.3) is 11.0 Å². The van der Waals surface area contributed by atoms with Crippen molar-refractivity contribution >= 4 is 39.9 Å². The number of nitrogens with two attached hydrogens (primary N) is 1. The number of ether oxygens (including phenoxy) is 1. The summed E-state index contributed by atoms with van der Waals surface area (Å²) < 4.78 is 6.60. The van der Waals surface area contributed by atoms with Crippen molar-refractivity contribution in [1.29, 1.82) is 0 Å². The number of anilines is 1. The van der Waals surface area contributed by atoms with Crippen LogP contribution in [-0.4, -0.2) is 52.0 Å². The van der Waals surface area contributed by atoms with Crippen molar-refractivity contribution in [2.45, 2.75) is 58.1 Å². The summed E-state index contributed by atoms with van der Waals surface area (Å²) >= 11 is 6.23. The fourth-order valence-corrected chi connectivity index (χ4v) is 5.20. The first kappa shape index (κ1) is 28.4. The Bertz CT molecular complexity index is 1450. The van der Waals surface area contributed by atoms with E-state index in [0.717, 1.165) is 37.0 Å². The first-order valence-electron chi connectivity index (χ1n) is 12.9. The number of nitrogens with zero attached hydrogens (tertiary/aromatic N) is 5. The van der Waals surface area contributed by atoms with E-state index in [1.807, 2.05) is 44.9 Å². The summed E-state index contributed by atoms with van der Waals surface area (Å²) in [6, 6.07) is 7.14. The Morgan fingerprint density at radius 1 is 1.18 bits per heavy atom. The number of hydrogen-bond donors (Lipinski definition) is 1. The highest BCUT2D eigenvalue weighted by Crippen LogP contribution is 2.36. The van der Waals surface area contributed by atoms with Gasteiger partial charge in [-0.3, -0.25) is 9.59 Å². The Balaban J connectivity index is 1.65. The number of methoxy groups -OCH3 is 1. The molecule has 1 amide bonds. The van der Waals surface area contributed by atoms with Crippen LogP contribution in [0.3, 0.4) is 0 Å². The van der Waals surface area contributed by atoms with E-state index in [4.69, 9.17) is 26.9 Å². The molecule has 0 spiro atoms. The van der Waals surface area contributed by atoms with Gasteiger partial charge in [0.25, 0.3) is 11.5 Å². The molecule has 0 atom stereocenters. The Hall–Kier alpha value is -3.66. The molecule has 208 valence electrons. The van der Waals surface area contributed by atoms with Gasteiger partial charge in [0.1, 0.15) is 21.8 Å². The van der Waals surface area contributed by atoms with Crippen molar-refractivity contribution in [1.82, 2.24) is 14.5 Å². The van der Waals surface area contributed by atoms with Crippen molar-refractivity contribution in [2.24, 2.45) is 23.9 Å². The molecule has 0 radical (unpaired) electrons. The number of amides is 1. The topological polar surface area (TPSA) is 125 Å². The van der Waals surface area contributed by atoms with E-state index < -0.39 is 17.1 Å². The van der Waals surface area contributed by atoms with Crippen molar-refractivity contribution in [2.75, 3.05) is 19.1 Å². The van der Waals surface area contributed by atoms with Crippen molar-refractivity contribution in [3.63, 3.8) is 0 Å². The predicted molar refractivity (Wildman–Crippen MR) is 153 cm³/mol. The number of carbonyl (C=O) groups excluding carboxylic acids is 1. The van der Waals surface area contributed by atoms with Gasteiger partial charge in [-0.05, 0) is 64.7 Å². The molecule has 0 unspecified atom stereocenters. The molecule has 3 aromatic rings. The molecule has 10 nitrogen and oxygen atoms in total. The maximum Gasteiger partial charge on any atom is 0.265 e. The van der Waals surface area contributed by atoms with E-state index in [2.05, 4.69) is 15.1 Å². The number of primary amides is 1. The molecule has 3 aromatic heterocycles. The van der Waals surface area contributed by atoms with Gasteiger partial charge in [-0.2, -0.15) is 0 Å². The van der Waals surface area contributed by atoms with Crippen LogP contribution in [0, 0.1) is 5.92 Å². The molecule has 2 N–H and O–H groups in total. The van der Waals surface area contributed by atoms with Gasteiger partial charge in [0, 0.05) is 43.9 Å². The van der Waals surface area contributed by atoms with E-state index in [1.165, 1.54) is 4.57 Å². The SMILES string of the molecule is COc1ccc(/C(=N\OC(C)(C)C)C2CCC(N(C)c3c(C(N)=O)c(=O)n(C)c4ccc(Cl)nc34)CC2)cn1. The van der Waals surface area contributed by atoms with Crippen molar-refractivity contribution in [3.8, 4) is 5.88 Å². The standard InChI is InChI=1S/C28H35ClN6O4/c1-28(2,3)39-33-23(17-9-14-21(38-6)31-15-17)16-7-10-18(11-8-16)34(4)25-22(26(30)36)27(37)35(5)19-12-13-20(29)32-24(19)25/h9,12-16,18H,7-8,10-11H2,1-6H3,(H2,30,36)/b33-23-. The molecule has 1 saturated carbocycles. The second-order valence-electron chi connectivity index (χ2n) is 10.8. The van der Waals surface area contributed by atoms with Gasteiger partial charge in [0.05, 0.1) is 24.0 Å². The van der Waals surface area contributed by atoms with Gasteiger partial charge in [-0.25, -0.2) is 9.97 Å². The quantitative estimate of drug-likeness (QED) is 0.262. The number of aromatic nitrogens is 3. The Morgan fingerprint density at radius 3 is 2.44 bits per heavy atom. The normalized spacial score (nSPS) is 18.2. The zero-order valence-electron chi connectivity index (χ0n) is 23.2. The third-order valence-corrected chi connectivity index (χ3v) is 7.28. The van der Waals surface area contributed by atoms with Crippen LogP contribution in [0.2, 0.25) is 5.15 Å². The molecular formula is C28H35ClN6O4. The molecule has 1 fully saturated rings. The summed E-state index contributed by atoms with van der Waals surface area (Å²) in [5, 5.41) is 4.84. The zero-order chi connectivity index (χ0) is 28.5. The third-order valence-electron chi connectivity index (χ3n) is 7.07. The largest absolute Gasteiger partial charge is 0.481 e. The van der Waals surface area contributed by atoms with E-state index >= 15 is 0 Å². The van der Waals surface area contributed by atoms with E-state index in [9.17, 15) is 9.59 Å². The predicted octanol–water partition coefficient (Wildman–Crippen LogP) is 4.30. The number of hydrogen-bond acceptors (Lipinski definition) is 8. The van der Waals surface area contributed by atoms with Crippen LogP contribution in [-0.2, 0) is 11.9 Å². The number of carbonyl (C=O) groups is 1. The highest BCUT2D eigenvalue weighted by Gasteiger charge is 2.32. The molecule has 0 bridgehead atoms. The van der Waals surface area contributed by atoms with E-state index in [1.54, 1.807) is 32.5 Å². The molecule has 0 aromatic carbocycles. The lowest BCUT2D eigenvalue weighted by Crippen LogP contribution is -2.40. The lowest BCUT2D eigenvalue weighted by molar-refractivity contribution is -0.0000375. The van der Waals surface area contributed by atoms with Gasteiger partial charge in [-0.1, -0.05) is 16.8 Å². The van der Waals surface area contributed by atoms with Crippen molar-refractivity contribution < 1.29 is 14.4 Å². The molecule has 3 heterocycles. The third kappa shape index (κ3) is 6.00. The van der Waals surface area contributed by atoms with Gasteiger partial charge >= 0.3 is 0 Å². The zero-order valence-corrected chi connectivity index (χ0v) is 24.0. The van der Waals surface area contributed by atoms with E-state index in [0.29, 0.717) is 22.6 Å². The van der Waals surface area contributed by atoms with E-state index in [-0.39, 0.29) is 22.7 Å². The lowest BCUT2D eigenvalue weighted by atomic mass is 9.80. The molecule has 4 rings (SSSR count). The van der Waals surface area contributed by atoms with Crippen LogP contribution in [0.15, 0.2) is 40.4 Å². The number of oxime groups is 1. The minimum atomic E-state index is -0.796. The minimum Gasteiger partial charge on any atom is -0.481 e. The second kappa shape index (κ2) is 11.2. The van der Waals surface area contributed by atoms with Gasteiger partial charge in [0.2, 0.25) is 5.88 Å². The maximum absolute atomic E-state index is 13.1. The molecule has 39 heavy (non-hydrogen) atoms. The molecule has 1 aliphatic carbocycles. The highest BCUT2D eigenvalue weighted by atomic mass is 35.5. The number of fused-ring (bicyclic) bond motifs is 1. The smallest absolute Gasteiger partial charge is 0.265 e. The second-order valence-corrected chi connectivity index (χ2v) is 11.2. The van der Waals surface area contributed by atoms with Gasteiger partial charge in [-0.15, -0.1) is 0 Å². The number of pyridine rings is 3. The lowest BCUT2D eigenvalue weighted by Gasteiger charge is -2.37. The van der Waals surface area contributed by atoms with Crippen molar-refractivity contribution in [3.05, 3.63) is 57.1 Å².